The Labute approximate surface area is 116 Å². The summed E-state index contributed by atoms with van der Waals surface area (Å²) in [5.74, 6) is -0.515. The number of methoxy groups -OCH3 is 1. The lowest BCUT2D eigenvalue weighted by Gasteiger charge is -2.24. The first-order valence-corrected chi connectivity index (χ1v) is 6.23. The molecule has 1 amide bonds. The number of benzene rings is 1. The van der Waals surface area contributed by atoms with Crippen LogP contribution in [0.25, 0.3) is 10.9 Å². The van der Waals surface area contributed by atoms with Crippen LogP contribution in [0.4, 0.5) is 0 Å². The van der Waals surface area contributed by atoms with E-state index >= 15 is 0 Å². The Balaban J connectivity index is 2.36. The molecule has 1 aromatic heterocycles. The summed E-state index contributed by atoms with van der Waals surface area (Å²) >= 11 is 0. The minimum Gasteiger partial charge on any atom is -0.382 e. The topological polar surface area (TPSA) is 84.1 Å². The summed E-state index contributed by atoms with van der Waals surface area (Å²) < 4.78 is 5.02. The number of rotatable bonds is 4. The molecule has 1 heterocycles. The van der Waals surface area contributed by atoms with Gasteiger partial charge in [0.15, 0.2) is 5.69 Å². The molecule has 2 rings (SSSR count). The molecule has 0 aliphatic carbocycles. The maximum atomic E-state index is 12.2. The van der Waals surface area contributed by atoms with Gasteiger partial charge in [-0.2, -0.15) is 5.10 Å². The summed E-state index contributed by atoms with van der Waals surface area (Å²) in [4.78, 5) is 24.4. The Hall–Kier alpha value is -2.21. The predicted molar refractivity (Wildman–Crippen MR) is 75.8 cm³/mol. The van der Waals surface area contributed by atoms with Gasteiger partial charge in [0.25, 0.3) is 5.91 Å². The van der Waals surface area contributed by atoms with E-state index in [4.69, 9.17) is 4.74 Å². The first-order valence-electron chi connectivity index (χ1n) is 6.23. The summed E-state index contributed by atoms with van der Waals surface area (Å²) in [6, 6.07) is 6.93. The molecule has 2 N–H and O–H groups in total. The van der Waals surface area contributed by atoms with Crippen LogP contribution >= 0.6 is 0 Å². The highest BCUT2D eigenvalue weighted by molar-refractivity contribution is 5.95. The molecule has 0 saturated carbocycles. The number of aromatic amines is 1. The van der Waals surface area contributed by atoms with Crippen LogP contribution in [0, 0.1) is 0 Å². The first-order chi connectivity index (χ1) is 9.44. The van der Waals surface area contributed by atoms with E-state index < -0.39 is 11.4 Å². The number of para-hydroxylation sites is 1. The van der Waals surface area contributed by atoms with Crippen molar-refractivity contribution in [2.24, 2.45) is 0 Å². The third-order valence-corrected chi connectivity index (χ3v) is 2.85. The van der Waals surface area contributed by atoms with Gasteiger partial charge in [-0.1, -0.05) is 12.1 Å². The molecular formula is C14H17N3O3. The van der Waals surface area contributed by atoms with Gasteiger partial charge in [-0.3, -0.25) is 14.7 Å². The van der Waals surface area contributed by atoms with E-state index in [2.05, 4.69) is 15.5 Å². The highest BCUT2D eigenvalue weighted by Gasteiger charge is 2.24. The maximum absolute atomic E-state index is 12.2. The number of hydrogen-bond acceptors (Lipinski definition) is 4. The molecule has 106 valence electrons. The van der Waals surface area contributed by atoms with E-state index in [1.54, 1.807) is 31.4 Å². The minimum atomic E-state index is -0.578. The van der Waals surface area contributed by atoms with Gasteiger partial charge in [0.05, 0.1) is 17.7 Å². The lowest BCUT2D eigenvalue weighted by atomic mass is 10.1. The molecule has 0 bridgehead atoms. The van der Waals surface area contributed by atoms with Gasteiger partial charge >= 0.3 is 0 Å². The average molecular weight is 275 g/mol. The Morgan fingerprint density at radius 3 is 2.80 bits per heavy atom. The second kappa shape index (κ2) is 5.42. The smallest absolute Gasteiger partial charge is 0.276 e. The quantitative estimate of drug-likeness (QED) is 0.874. The van der Waals surface area contributed by atoms with Gasteiger partial charge < -0.3 is 10.1 Å². The van der Waals surface area contributed by atoms with Crippen molar-refractivity contribution in [2.45, 2.75) is 19.4 Å². The third-order valence-electron chi connectivity index (χ3n) is 2.85. The second-order valence-corrected chi connectivity index (χ2v) is 5.22. The van der Waals surface area contributed by atoms with Crippen LogP contribution in [0.2, 0.25) is 0 Å². The normalized spacial score (nSPS) is 11.6. The average Bonchev–Trinajstić information content (AvgIpc) is 2.38. The summed E-state index contributed by atoms with van der Waals surface area (Å²) in [6.07, 6.45) is 0. The van der Waals surface area contributed by atoms with Crippen LogP contribution in [0.3, 0.4) is 0 Å². The molecule has 6 heteroatoms. The minimum absolute atomic E-state index is 0.145. The van der Waals surface area contributed by atoms with Gasteiger partial charge in [0.2, 0.25) is 5.43 Å². The molecule has 0 saturated heterocycles. The number of nitrogens with zero attached hydrogens (tertiary/aromatic N) is 1. The van der Waals surface area contributed by atoms with Crippen LogP contribution in [-0.4, -0.2) is 35.4 Å². The van der Waals surface area contributed by atoms with Crippen molar-refractivity contribution in [3.63, 3.8) is 0 Å². The van der Waals surface area contributed by atoms with Crippen molar-refractivity contribution in [2.75, 3.05) is 13.7 Å². The fraction of sp³-hybridized carbons (Fsp3) is 0.357. The summed E-state index contributed by atoms with van der Waals surface area (Å²) in [5, 5.41) is 9.75. The maximum Gasteiger partial charge on any atom is 0.276 e. The van der Waals surface area contributed by atoms with Crippen molar-refractivity contribution in [3.05, 3.63) is 40.2 Å². The number of carbonyl (C=O) groups excluding carboxylic acids is 1. The number of ether oxygens (including phenoxy) is 1. The molecule has 0 aliphatic heterocycles. The van der Waals surface area contributed by atoms with Crippen LogP contribution in [0.15, 0.2) is 29.1 Å². The SMILES string of the molecule is COCC(C)(C)NC(=O)c1n[nH]c2ccccc2c1=O. The van der Waals surface area contributed by atoms with Crippen molar-refractivity contribution >= 4 is 16.8 Å². The fourth-order valence-electron chi connectivity index (χ4n) is 1.99. The molecule has 1 aromatic carbocycles. The zero-order valence-electron chi connectivity index (χ0n) is 11.7. The van der Waals surface area contributed by atoms with Gasteiger partial charge in [0, 0.05) is 12.5 Å². The van der Waals surface area contributed by atoms with Crippen LogP contribution in [-0.2, 0) is 4.74 Å². The predicted octanol–water partition coefficient (Wildman–Crippen LogP) is 1.08. The second-order valence-electron chi connectivity index (χ2n) is 5.22. The lowest BCUT2D eigenvalue weighted by molar-refractivity contribution is 0.0813. The molecule has 0 atom stereocenters. The molecule has 0 radical (unpaired) electrons. The van der Waals surface area contributed by atoms with Crippen LogP contribution in [0.5, 0.6) is 0 Å². The molecule has 2 aromatic rings. The van der Waals surface area contributed by atoms with Gasteiger partial charge in [-0.05, 0) is 26.0 Å². The largest absolute Gasteiger partial charge is 0.382 e. The molecule has 20 heavy (non-hydrogen) atoms. The highest BCUT2D eigenvalue weighted by Crippen LogP contribution is 2.07. The zero-order valence-corrected chi connectivity index (χ0v) is 11.7. The Kier molecular flexibility index (Phi) is 3.85. The molecule has 0 unspecified atom stereocenters. The van der Waals surface area contributed by atoms with E-state index in [0.717, 1.165) is 0 Å². The third kappa shape index (κ3) is 2.85. The van der Waals surface area contributed by atoms with Crippen LogP contribution < -0.4 is 10.7 Å². The van der Waals surface area contributed by atoms with Crippen molar-refractivity contribution < 1.29 is 9.53 Å². The van der Waals surface area contributed by atoms with Crippen molar-refractivity contribution in [3.8, 4) is 0 Å². The Morgan fingerprint density at radius 1 is 1.40 bits per heavy atom. The van der Waals surface area contributed by atoms with Crippen molar-refractivity contribution in [1.29, 1.82) is 0 Å². The van der Waals surface area contributed by atoms with E-state index in [0.29, 0.717) is 17.5 Å². The molecule has 0 spiro atoms. The van der Waals surface area contributed by atoms with E-state index in [9.17, 15) is 9.59 Å². The lowest BCUT2D eigenvalue weighted by Crippen LogP contribution is -2.48. The number of carbonyl (C=O) groups is 1. The standard InChI is InChI=1S/C14H17N3O3/c1-14(2,8-20-3)15-13(19)11-12(18)9-6-4-5-7-10(9)16-17-11/h4-7H,8H2,1-3H3,(H,15,19)(H,16,18). The molecular weight excluding hydrogens is 258 g/mol. The zero-order chi connectivity index (χ0) is 14.8. The van der Waals surface area contributed by atoms with Gasteiger partial charge in [-0.15, -0.1) is 0 Å². The Morgan fingerprint density at radius 2 is 2.10 bits per heavy atom. The first kappa shape index (κ1) is 14.2. The van der Waals surface area contributed by atoms with Gasteiger partial charge in [-0.25, -0.2) is 0 Å². The number of amides is 1. The van der Waals surface area contributed by atoms with E-state index in [-0.39, 0.29) is 11.1 Å². The molecule has 0 fully saturated rings. The number of hydrogen-bond donors (Lipinski definition) is 2. The summed E-state index contributed by atoms with van der Waals surface area (Å²) in [6.45, 7) is 3.96. The summed E-state index contributed by atoms with van der Waals surface area (Å²) in [5.41, 5.74) is -0.505. The number of aromatic nitrogens is 2. The van der Waals surface area contributed by atoms with Crippen LogP contribution in [0.1, 0.15) is 24.3 Å². The fourth-order valence-corrected chi connectivity index (χ4v) is 1.99. The highest BCUT2D eigenvalue weighted by atomic mass is 16.5. The monoisotopic (exact) mass is 275 g/mol. The van der Waals surface area contributed by atoms with Crippen molar-refractivity contribution in [1.82, 2.24) is 15.5 Å². The number of nitrogens with one attached hydrogen (secondary N) is 2. The number of fused-ring (bicyclic) bond motifs is 1. The molecule has 0 aliphatic rings. The molecule has 6 nitrogen and oxygen atoms in total. The van der Waals surface area contributed by atoms with E-state index in [1.165, 1.54) is 0 Å². The van der Waals surface area contributed by atoms with E-state index in [1.807, 2.05) is 13.8 Å². The summed E-state index contributed by atoms with van der Waals surface area (Å²) in [7, 11) is 1.55. The van der Waals surface area contributed by atoms with Gasteiger partial charge in [0.1, 0.15) is 0 Å². The Bertz CT molecular complexity index is 691. The number of H-pyrrole nitrogens is 1.